The Morgan fingerprint density at radius 2 is 1.83 bits per heavy atom. The third kappa shape index (κ3) is 5.06. The maximum absolute atomic E-state index is 12.5. The van der Waals surface area contributed by atoms with Crippen molar-refractivity contribution in [2.45, 2.75) is 25.3 Å². The van der Waals surface area contributed by atoms with Gasteiger partial charge in [-0.1, -0.05) is 58.4 Å². The SMILES string of the molecule is CC(C)(C(=O)NCC(N)c1ccccc1)c1cccc(Br)c1.Cl. The molecular weight excluding hydrogens is 376 g/mol. The van der Waals surface area contributed by atoms with Gasteiger partial charge in [0.05, 0.1) is 5.41 Å². The number of hydrogen-bond donors (Lipinski definition) is 2. The molecule has 1 unspecified atom stereocenters. The Bertz CT molecular complexity index is 646. The van der Waals surface area contributed by atoms with Crippen molar-refractivity contribution in [2.75, 3.05) is 6.54 Å². The summed E-state index contributed by atoms with van der Waals surface area (Å²) in [6.45, 7) is 4.25. The lowest BCUT2D eigenvalue weighted by Gasteiger charge is -2.25. The fourth-order valence-electron chi connectivity index (χ4n) is 2.25. The molecule has 0 bridgehead atoms. The molecule has 0 aliphatic rings. The number of carbonyl (C=O) groups is 1. The highest BCUT2D eigenvalue weighted by molar-refractivity contribution is 9.10. The van der Waals surface area contributed by atoms with Crippen molar-refractivity contribution in [3.8, 4) is 0 Å². The fourth-order valence-corrected chi connectivity index (χ4v) is 2.65. The first-order chi connectivity index (χ1) is 10.4. The summed E-state index contributed by atoms with van der Waals surface area (Å²) in [5.74, 6) is -0.0306. The summed E-state index contributed by atoms with van der Waals surface area (Å²) in [7, 11) is 0. The maximum atomic E-state index is 12.5. The largest absolute Gasteiger partial charge is 0.353 e. The Morgan fingerprint density at radius 1 is 1.17 bits per heavy atom. The second-order valence-corrected chi connectivity index (χ2v) is 6.78. The minimum Gasteiger partial charge on any atom is -0.353 e. The Morgan fingerprint density at radius 3 is 2.43 bits per heavy atom. The predicted octanol–water partition coefficient (Wildman–Crippen LogP) is 3.96. The summed E-state index contributed by atoms with van der Waals surface area (Å²) in [4.78, 5) is 12.5. The number of nitrogens with two attached hydrogens (primary N) is 1. The van der Waals surface area contributed by atoms with E-state index in [2.05, 4.69) is 21.2 Å². The van der Waals surface area contributed by atoms with Crippen molar-refractivity contribution in [3.05, 3.63) is 70.2 Å². The van der Waals surface area contributed by atoms with E-state index in [1.165, 1.54) is 0 Å². The van der Waals surface area contributed by atoms with Crippen LogP contribution in [-0.2, 0) is 10.2 Å². The monoisotopic (exact) mass is 396 g/mol. The number of hydrogen-bond acceptors (Lipinski definition) is 2. The number of rotatable bonds is 5. The first-order valence-electron chi connectivity index (χ1n) is 7.26. The molecule has 2 aromatic carbocycles. The molecule has 124 valence electrons. The van der Waals surface area contributed by atoms with E-state index in [-0.39, 0.29) is 24.4 Å². The van der Waals surface area contributed by atoms with Crippen molar-refractivity contribution < 1.29 is 4.79 Å². The van der Waals surface area contributed by atoms with Gasteiger partial charge < -0.3 is 11.1 Å². The minimum absolute atomic E-state index is 0. The van der Waals surface area contributed by atoms with Crippen LogP contribution in [0.15, 0.2) is 59.1 Å². The molecule has 5 heteroatoms. The van der Waals surface area contributed by atoms with Crippen LogP contribution in [0.25, 0.3) is 0 Å². The van der Waals surface area contributed by atoms with E-state index in [0.717, 1.165) is 15.6 Å². The molecule has 0 radical (unpaired) electrons. The zero-order valence-electron chi connectivity index (χ0n) is 13.3. The van der Waals surface area contributed by atoms with E-state index in [1.54, 1.807) is 0 Å². The highest BCUT2D eigenvalue weighted by Gasteiger charge is 2.29. The Balaban J connectivity index is 0.00000264. The van der Waals surface area contributed by atoms with Crippen LogP contribution in [0.2, 0.25) is 0 Å². The van der Waals surface area contributed by atoms with Gasteiger partial charge in [0.1, 0.15) is 0 Å². The maximum Gasteiger partial charge on any atom is 0.230 e. The van der Waals surface area contributed by atoms with E-state index in [9.17, 15) is 4.79 Å². The van der Waals surface area contributed by atoms with Crippen LogP contribution < -0.4 is 11.1 Å². The summed E-state index contributed by atoms with van der Waals surface area (Å²) in [5, 5.41) is 2.96. The van der Waals surface area contributed by atoms with Crippen molar-refractivity contribution in [1.82, 2.24) is 5.32 Å². The van der Waals surface area contributed by atoms with Gasteiger partial charge in [-0.25, -0.2) is 0 Å². The molecule has 0 saturated heterocycles. The lowest BCUT2D eigenvalue weighted by atomic mass is 9.83. The first-order valence-corrected chi connectivity index (χ1v) is 8.05. The second kappa shape index (κ2) is 8.48. The third-order valence-electron chi connectivity index (χ3n) is 3.82. The topological polar surface area (TPSA) is 55.1 Å². The van der Waals surface area contributed by atoms with Crippen LogP contribution in [0.3, 0.4) is 0 Å². The van der Waals surface area contributed by atoms with Crippen LogP contribution in [0.5, 0.6) is 0 Å². The molecule has 2 aromatic rings. The number of carbonyl (C=O) groups excluding carboxylic acids is 1. The normalized spacial score (nSPS) is 12.2. The number of halogens is 2. The molecular formula is C18H22BrClN2O. The first kappa shape index (κ1) is 19.7. The van der Waals surface area contributed by atoms with Crippen molar-refractivity contribution in [2.24, 2.45) is 5.73 Å². The van der Waals surface area contributed by atoms with E-state index < -0.39 is 5.41 Å². The Hall–Kier alpha value is -1.36. The molecule has 2 rings (SSSR count). The molecule has 3 N–H and O–H groups in total. The molecule has 0 spiro atoms. The lowest BCUT2D eigenvalue weighted by Crippen LogP contribution is -2.42. The Kier molecular flexibility index (Phi) is 7.26. The van der Waals surface area contributed by atoms with Crippen LogP contribution in [0.4, 0.5) is 0 Å². The molecule has 1 atom stereocenters. The highest BCUT2D eigenvalue weighted by Crippen LogP contribution is 2.26. The number of nitrogens with one attached hydrogen (secondary N) is 1. The van der Waals surface area contributed by atoms with Crippen molar-refractivity contribution in [3.63, 3.8) is 0 Å². The smallest absolute Gasteiger partial charge is 0.230 e. The van der Waals surface area contributed by atoms with Gasteiger partial charge in [-0.3, -0.25) is 4.79 Å². The molecule has 3 nitrogen and oxygen atoms in total. The molecule has 0 aliphatic carbocycles. The Labute approximate surface area is 152 Å². The zero-order chi connectivity index (χ0) is 16.2. The van der Waals surface area contributed by atoms with Crippen LogP contribution >= 0.6 is 28.3 Å². The van der Waals surface area contributed by atoms with Gasteiger partial charge >= 0.3 is 0 Å². The minimum atomic E-state index is -0.611. The second-order valence-electron chi connectivity index (χ2n) is 5.86. The lowest BCUT2D eigenvalue weighted by molar-refractivity contribution is -0.125. The van der Waals surface area contributed by atoms with Crippen molar-refractivity contribution in [1.29, 1.82) is 0 Å². The van der Waals surface area contributed by atoms with Gasteiger partial charge in [0, 0.05) is 17.1 Å². The van der Waals surface area contributed by atoms with E-state index in [4.69, 9.17) is 5.73 Å². The van der Waals surface area contributed by atoms with Crippen LogP contribution in [0.1, 0.15) is 31.0 Å². The molecule has 0 aromatic heterocycles. The van der Waals surface area contributed by atoms with Gasteiger partial charge in [0.25, 0.3) is 0 Å². The van der Waals surface area contributed by atoms with Gasteiger partial charge in [0.2, 0.25) is 5.91 Å². The van der Waals surface area contributed by atoms with E-state index in [1.807, 2.05) is 68.4 Å². The van der Waals surface area contributed by atoms with Gasteiger partial charge in [0.15, 0.2) is 0 Å². The number of benzene rings is 2. The number of amides is 1. The molecule has 1 amide bonds. The quantitative estimate of drug-likeness (QED) is 0.802. The summed E-state index contributed by atoms with van der Waals surface area (Å²) < 4.78 is 0.965. The van der Waals surface area contributed by atoms with E-state index in [0.29, 0.717) is 6.54 Å². The van der Waals surface area contributed by atoms with Crippen LogP contribution in [0, 0.1) is 0 Å². The molecule has 0 saturated carbocycles. The average molecular weight is 398 g/mol. The summed E-state index contributed by atoms with van der Waals surface area (Å²) in [5.41, 5.74) is 7.50. The standard InChI is InChI=1S/C18H21BrN2O.ClH/c1-18(2,14-9-6-10-15(19)11-14)17(22)21-12-16(20)13-7-4-3-5-8-13;/h3-11,16H,12,20H2,1-2H3,(H,21,22);1H. The summed E-state index contributed by atoms with van der Waals surface area (Å²) in [6.07, 6.45) is 0. The molecule has 0 fully saturated rings. The molecule has 23 heavy (non-hydrogen) atoms. The van der Waals surface area contributed by atoms with Crippen LogP contribution in [-0.4, -0.2) is 12.5 Å². The summed E-state index contributed by atoms with van der Waals surface area (Å²) >= 11 is 3.44. The van der Waals surface area contributed by atoms with Gasteiger partial charge in [-0.15, -0.1) is 12.4 Å². The third-order valence-corrected chi connectivity index (χ3v) is 4.32. The molecule has 0 aliphatic heterocycles. The molecule has 0 heterocycles. The van der Waals surface area contributed by atoms with Gasteiger partial charge in [-0.05, 0) is 37.1 Å². The predicted molar refractivity (Wildman–Crippen MR) is 101 cm³/mol. The summed E-state index contributed by atoms with van der Waals surface area (Å²) in [6, 6.07) is 17.4. The highest BCUT2D eigenvalue weighted by atomic mass is 79.9. The fraction of sp³-hybridized carbons (Fsp3) is 0.278. The van der Waals surface area contributed by atoms with Crippen molar-refractivity contribution >= 4 is 34.2 Å². The van der Waals surface area contributed by atoms with E-state index >= 15 is 0 Å². The average Bonchev–Trinajstić information content (AvgIpc) is 2.53. The van der Waals surface area contributed by atoms with Gasteiger partial charge in [-0.2, -0.15) is 0 Å². The zero-order valence-corrected chi connectivity index (χ0v) is 15.7.